The van der Waals surface area contributed by atoms with Crippen LogP contribution in [0.25, 0.3) is 0 Å². The molecule has 0 aliphatic carbocycles. The number of aliphatic hydroxyl groups excluding tert-OH is 1. The molecule has 2 aliphatic rings. The normalized spacial score (nSPS) is 25.0. The number of aliphatic hydroxyl groups is 1. The molecule has 30 heavy (non-hydrogen) atoms. The van der Waals surface area contributed by atoms with E-state index in [0.717, 1.165) is 51.0 Å². The summed E-state index contributed by atoms with van der Waals surface area (Å²) in [5.74, 6) is 1.61. The van der Waals surface area contributed by atoms with Crippen molar-refractivity contribution in [3.05, 3.63) is 35.4 Å². The SMILES string of the molecule is CN=C(NCc1ccc(CN2CCCC(C)C2)cc1)NCC1(CCO)CCOC1.I. The first-order chi connectivity index (χ1) is 14.1. The van der Waals surface area contributed by atoms with E-state index < -0.39 is 0 Å². The maximum Gasteiger partial charge on any atom is 0.191 e. The summed E-state index contributed by atoms with van der Waals surface area (Å²) in [6.45, 7) is 9.02. The number of hydrogen-bond acceptors (Lipinski definition) is 4. The van der Waals surface area contributed by atoms with E-state index in [0.29, 0.717) is 6.61 Å². The van der Waals surface area contributed by atoms with Crippen LogP contribution in [0, 0.1) is 11.3 Å². The number of halogens is 1. The second-order valence-electron chi connectivity index (χ2n) is 8.85. The first kappa shape index (κ1) is 25.4. The molecule has 3 N–H and O–H groups in total. The molecule has 2 saturated heterocycles. The van der Waals surface area contributed by atoms with Crippen LogP contribution in [0.4, 0.5) is 0 Å². The molecule has 0 bridgehead atoms. The van der Waals surface area contributed by atoms with Crippen LogP contribution in [0.15, 0.2) is 29.3 Å². The zero-order valence-corrected chi connectivity index (χ0v) is 20.9. The largest absolute Gasteiger partial charge is 0.396 e. The summed E-state index contributed by atoms with van der Waals surface area (Å²) in [5, 5.41) is 16.2. The van der Waals surface area contributed by atoms with Crippen LogP contribution in [0.1, 0.15) is 43.7 Å². The van der Waals surface area contributed by atoms with Crippen LogP contribution in [0.2, 0.25) is 0 Å². The molecule has 2 atom stereocenters. The molecule has 170 valence electrons. The number of aliphatic imine (C=N–C) groups is 1. The van der Waals surface area contributed by atoms with Crippen LogP contribution in [0.3, 0.4) is 0 Å². The molecule has 0 amide bonds. The Morgan fingerprint density at radius 3 is 2.67 bits per heavy atom. The summed E-state index contributed by atoms with van der Waals surface area (Å²) in [6, 6.07) is 8.92. The molecule has 2 aliphatic heterocycles. The third kappa shape index (κ3) is 7.66. The number of likely N-dealkylation sites (tertiary alicyclic amines) is 1. The van der Waals surface area contributed by atoms with Gasteiger partial charge in [-0.3, -0.25) is 9.89 Å². The molecule has 0 aromatic heterocycles. The molecule has 6 nitrogen and oxygen atoms in total. The van der Waals surface area contributed by atoms with Crippen molar-refractivity contribution in [2.45, 2.75) is 45.7 Å². The predicted molar refractivity (Wildman–Crippen MR) is 133 cm³/mol. The van der Waals surface area contributed by atoms with Gasteiger partial charge in [0, 0.05) is 51.9 Å². The highest BCUT2D eigenvalue weighted by molar-refractivity contribution is 14.0. The van der Waals surface area contributed by atoms with Gasteiger partial charge in [0.1, 0.15) is 0 Å². The summed E-state index contributed by atoms with van der Waals surface area (Å²) in [7, 11) is 1.79. The topological polar surface area (TPSA) is 69.1 Å². The molecule has 2 unspecified atom stereocenters. The molecule has 2 fully saturated rings. The fraction of sp³-hybridized carbons (Fsp3) is 0.696. The molecule has 1 aromatic rings. The van der Waals surface area contributed by atoms with Crippen molar-refractivity contribution >= 4 is 29.9 Å². The van der Waals surface area contributed by atoms with Crippen molar-refractivity contribution in [2.24, 2.45) is 16.3 Å². The van der Waals surface area contributed by atoms with Gasteiger partial charge in [-0.15, -0.1) is 24.0 Å². The number of nitrogens with one attached hydrogen (secondary N) is 2. The third-order valence-electron chi connectivity index (χ3n) is 6.31. The first-order valence-electron chi connectivity index (χ1n) is 11.1. The second kappa shape index (κ2) is 12.8. The fourth-order valence-electron chi connectivity index (χ4n) is 4.44. The van der Waals surface area contributed by atoms with Crippen molar-refractivity contribution in [1.29, 1.82) is 0 Å². The van der Waals surface area contributed by atoms with Crippen LogP contribution in [0.5, 0.6) is 0 Å². The summed E-state index contributed by atoms with van der Waals surface area (Å²) >= 11 is 0. The molecule has 1 aromatic carbocycles. The number of hydrogen-bond donors (Lipinski definition) is 3. The molecule has 7 heteroatoms. The van der Waals surface area contributed by atoms with Crippen molar-refractivity contribution in [3.8, 4) is 0 Å². The van der Waals surface area contributed by atoms with Gasteiger partial charge in [0.05, 0.1) is 6.61 Å². The molecular formula is C23H39IN4O2. The predicted octanol–water partition coefficient (Wildman–Crippen LogP) is 2.99. The summed E-state index contributed by atoms with van der Waals surface area (Å²) in [5.41, 5.74) is 2.65. The lowest BCUT2D eigenvalue weighted by atomic mass is 9.84. The highest BCUT2D eigenvalue weighted by Crippen LogP contribution is 2.31. The maximum absolute atomic E-state index is 9.37. The van der Waals surface area contributed by atoms with Gasteiger partial charge in [-0.25, -0.2) is 0 Å². The smallest absolute Gasteiger partial charge is 0.191 e. The highest BCUT2D eigenvalue weighted by Gasteiger charge is 2.34. The van der Waals surface area contributed by atoms with E-state index in [9.17, 15) is 5.11 Å². The van der Waals surface area contributed by atoms with Gasteiger partial charge in [0.25, 0.3) is 0 Å². The maximum atomic E-state index is 9.37. The molecule has 3 rings (SSSR count). The minimum absolute atomic E-state index is 0. The van der Waals surface area contributed by atoms with Crippen LogP contribution >= 0.6 is 24.0 Å². The highest BCUT2D eigenvalue weighted by atomic mass is 127. The first-order valence-corrected chi connectivity index (χ1v) is 11.1. The second-order valence-corrected chi connectivity index (χ2v) is 8.85. The van der Waals surface area contributed by atoms with Gasteiger partial charge in [0.15, 0.2) is 5.96 Å². The lowest BCUT2D eigenvalue weighted by Gasteiger charge is -2.30. The summed E-state index contributed by atoms with van der Waals surface area (Å²) in [4.78, 5) is 6.91. The summed E-state index contributed by atoms with van der Waals surface area (Å²) < 4.78 is 5.56. The van der Waals surface area contributed by atoms with Crippen molar-refractivity contribution < 1.29 is 9.84 Å². The standard InChI is InChI=1S/C23H38N4O2.HI/c1-19-4-3-11-27(15-19)16-21-7-5-20(6-8-21)14-25-22(24-2)26-17-23(9-12-28)10-13-29-18-23;/h5-8,19,28H,3-4,9-18H2,1-2H3,(H2,24,25,26);1H. The van der Waals surface area contributed by atoms with Gasteiger partial charge in [-0.2, -0.15) is 0 Å². The molecule has 0 saturated carbocycles. The Kier molecular flexibility index (Phi) is 10.8. The number of piperidine rings is 1. The molecular weight excluding hydrogens is 491 g/mol. The average Bonchev–Trinajstić information content (AvgIpc) is 3.18. The van der Waals surface area contributed by atoms with Gasteiger partial charge >= 0.3 is 0 Å². The van der Waals surface area contributed by atoms with Crippen molar-refractivity contribution in [1.82, 2.24) is 15.5 Å². The van der Waals surface area contributed by atoms with Gasteiger partial charge < -0.3 is 20.5 Å². The average molecular weight is 530 g/mol. The summed E-state index contributed by atoms with van der Waals surface area (Å²) in [6.07, 6.45) is 4.43. The lowest BCUT2D eigenvalue weighted by Crippen LogP contribution is -2.44. The number of guanidine groups is 1. The quantitative estimate of drug-likeness (QED) is 0.274. The Morgan fingerprint density at radius 2 is 2.03 bits per heavy atom. The number of benzene rings is 1. The van der Waals surface area contributed by atoms with Gasteiger partial charge in [-0.05, 0) is 49.3 Å². The number of ether oxygens (including phenoxy) is 1. The van der Waals surface area contributed by atoms with Crippen molar-refractivity contribution in [2.75, 3.05) is 46.5 Å². The van der Waals surface area contributed by atoms with E-state index in [4.69, 9.17) is 4.74 Å². The third-order valence-corrected chi connectivity index (χ3v) is 6.31. The van der Waals surface area contributed by atoms with Crippen LogP contribution in [-0.4, -0.2) is 62.5 Å². The zero-order chi connectivity index (χ0) is 20.5. The Labute approximate surface area is 198 Å². The van der Waals surface area contributed by atoms with E-state index in [-0.39, 0.29) is 36.0 Å². The Morgan fingerprint density at radius 1 is 1.27 bits per heavy atom. The van der Waals surface area contributed by atoms with Crippen molar-refractivity contribution in [3.63, 3.8) is 0 Å². The number of rotatable bonds is 8. The van der Waals surface area contributed by atoms with E-state index in [1.165, 1.54) is 37.1 Å². The van der Waals surface area contributed by atoms with Crippen LogP contribution < -0.4 is 10.6 Å². The molecule has 0 radical (unpaired) electrons. The minimum atomic E-state index is 0. The van der Waals surface area contributed by atoms with Crippen LogP contribution in [-0.2, 0) is 17.8 Å². The van der Waals surface area contributed by atoms with E-state index >= 15 is 0 Å². The van der Waals surface area contributed by atoms with E-state index in [1.807, 2.05) is 0 Å². The monoisotopic (exact) mass is 530 g/mol. The Bertz CT molecular complexity index is 647. The van der Waals surface area contributed by atoms with E-state index in [1.54, 1.807) is 7.05 Å². The lowest BCUT2D eigenvalue weighted by molar-refractivity contribution is 0.127. The molecule has 0 spiro atoms. The van der Waals surface area contributed by atoms with Gasteiger partial charge in [0.2, 0.25) is 0 Å². The number of nitrogens with zero attached hydrogens (tertiary/aromatic N) is 2. The van der Waals surface area contributed by atoms with E-state index in [2.05, 4.69) is 51.7 Å². The molecule has 2 heterocycles. The Hall–Kier alpha value is -0.900. The zero-order valence-electron chi connectivity index (χ0n) is 18.5. The fourth-order valence-corrected chi connectivity index (χ4v) is 4.44. The Balaban J connectivity index is 0.00000320. The minimum Gasteiger partial charge on any atom is -0.396 e. The van der Waals surface area contributed by atoms with Gasteiger partial charge in [-0.1, -0.05) is 31.2 Å².